The Kier molecular flexibility index (Phi) is 7.75. The summed E-state index contributed by atoms with van der Waals surface area (Å²) in [7, 11) is -4.68. The van der Waals surface area contributed by atoms with Crippen LogP contribution >= 0.6 is 45.2 Å². The highest BCUT2D eigenvalue weighted by molar-refractivity contribution is 14.1. The zero-order valence-electron chi connectivity index (χ0n) is 7.76. The lowest BCUT2D eigenvalue weighted by Crippen LogP contribution is -2.34. The van der Waals surface area contributed by atoms with Crippen molar-refractivity contribution in [3.63, 3.8) is 0 Å². The molecule has 10 heteroatoms. The molecule has 0 spiro atoms. The largest absolute Gasteiger partial charge is 0.455 e. The quantitative estimate of drug-likeness (QED) is 0.257. The van der Waals surface area contributed by atoms with Crippen molar-refractivity contribution in [2.24, 2.45) is 0 Å². The standard InChI is InChI=1S/C6H8I2O7S/c7-2-14-5(9)1-4(16(11,12)13)6(10)15-3-8/h4H,1-3H2,(H,11,12,13). The molecule has 0 aliphatic rings. The Morgan fingerprint density at radius 1 is 1.19 bits per heavy atom. The molecule has 1 N–H and O–H groups in total. The van der Waals surface area contributed by atoms with Gasteiger partial charge in [0.1, 0.15) is 9.23 Å². The molecule has 1 unspecified atom stereocenters. The number of alkyl halides is 2. The van der Waals surface area contributed by atoms with E-state index < -0.39 is 33.7 Å². The van der Waals surface area contributed by atoms with Crippen molar-refractivity contribution in [3.8, 4) is 0 Å². The van der Waals surface area contributed by atoms with Crippen LogP contribution in [0.5, 0.6) is 0 Å². The Balaban J connectivity index is 4.71. The van der Waals surface area contributed by atoms with Crippen molar-refractivity contribution < 1.29 is 32.0 Å². The predicted molar refractivity (Wildman–Crippen MR) is 69.9 cm³/mol. The summed E-state index contributed by atoms with van der Waals surface area (Å²) in [6, 6.07) is 0. The second-order valence-electron chi connectivity index (χ2n) is 2.41. The lowest BCUT2D eigenvalue weighted by molar-refractivity contribution is -0.147. The molecular weight excluding hydrogens is 470 g/mol. The summed E-state index contributed by atoms with van der Waals surface area (Å²) in [5.74, 6) is -2.08. The van der Waals surface area contributed by atoms with Gasteiger partial charge in [0.25, 0.3) is 10.1 Å². The van der Waals surface area contributed by atoms with E-state index in [1.807, 2.05) is 0 Å². The number of hydrogen-bond donors (Lipinski definition) is 1. The molecule has 0 aliphatic carbocycles. The van der Waals surface area contributed by atoms with Crippen molar-refractivity contribution in [1.82, 2.24) is 0 Å². The highest BCUT2D eigenvalue weighted by atomic mass is 127. The first-order valence-corrected chi connectivity index (χ1v) is 8.28. The van der Waals surface area contributed by atoms with E-state index in [0.29, 0.717) is 0 Å². The summed E-state index contributed by atoms with van der Waals surface area (Å²) in [6.45, 7) is 0. The third-order valence-corrected chi connectivity index (χ3v) is 3.09. The van der Waals surface area contributed by atoms with E-state index in [1.54, 1.807) is 45.2 Å². The molecule has 0 aromatic heterocycles. The Morgan fingerprint density at radius 2 is 1.69 bits per heavy atom. The summed E-state index contributed by atoms with van der Waals surface area (Å²) in [4.78, 5) is 22.2. The van der Waals surface area contributed by atoms with Crippen LogP contribution in [0.4, 0.5) is 0 Å². The molecule has 0 heterocycles. The average molecular weight is 478 g/mol. The molecule has 7 nitrogen and oxygen atoms in total. The van der Waals surface area contributed by atoms with E-state index in [4.69, 9.17) is 4.55 Å². The molecule has 0 saturated carbocycles. The van der Waals surface area contributed by atoms with E-state index in [9.17, 15) is 18.0 Å². The average Bonchev–Trinajstić information content (AvgIpc) is 2.13. The molecule has 0 aliphatic heterocycles. The van der Waals surface area contributed by atoms with Crippen LogP contribution in [0.2, 0.25) is 0 Å². The van der Waals surface area contributed by atoms with Gasteiger partial charge in [-0.05, 0) is 45.2 Å². The van der Waals surface area contributed by atoms with Gasteiger partial charge in [0.15, 0.2) is 5.25 Å². The third-order valence-electron chi connectivity index (χ3n) is 1.39. The summed E-state index contributed by atoms with van der Waals surface area (Å²) in [6.07, 6.45) is -0.767. The number of carbonyl (C=O) groups excluding carboxylic acids is 2. The van der Waals surface area contributed by atoms with Gasteiger partial charge in [-0.2, -0.15) is 8.42 Å². The van der Waals surface area contributed by atoms with E-state index in [-0.39, 0.29) is 9.23 Å². The van der Waals surface area contributed by atoms with Gasteiger partial charge in [0.2, 0.25) is 0 Å². The second kappa shape index (κ2) is 7.60. The third kappa shape index (κ3) is 6.15. The van der Waals surface area contributed by atoms with Crippen LogP contribution in [-0.2, 0) is 29.2 Å². The van der Waals surface area contributed by atoms with Crippen molar-refractivity contribution >= 4 is 67.2 Å². The highest BCUT2D eigenvalue weighted by Crippen LogP contribution is 2.09. The van der Waals surface area contributed by atoms with Gasteiger partial charge in [-0.1, -0.05) is 0 Å². The van der Waals surface area contributed by atoms with Crippen molar-refractivity contribution in [1.29, 1.82) is 0 Å². The Hall–Kier alpha value is 0.310. The summed E-state index contributed by atoms with van der Waals surface area (Å²) < 4.78 is 39.2. The van der Waals surface area contributed by atoms with Gasteiger partial charge in [-0.3, -0.25) is 14.1 Å². The fourth-order valence-electron chi connectivity index (χ4n) is 0.728. The van der Waals surface area contributed by atoms with Crippen LogP contribution in [-0.4, -0.2) is 39.4 Å². The number of rotatable bonds is 6. The topological polar surface area (TPSA) is 107 Å². The number of ether oxygens (including phenoxy) is 2. The maximum atomic E-state index is 11.2. The lowest BCUT2D eigenvalue weighted by atomic mass is 10.3. The minimum Gasteiger partial charge on any atom is -0.455 e. The van der Waals surface area contributed by atoms with Crippen LogP contribution in [0.1, 0.15) is 6.42 Å². The SMILES string of the molecule is O=C(CC(C(=O)OCI)S(=O)(=O)O)OCI. The first-order chi connectivity index (χ1) is 7.32. The van der Waals surface area contributed by atoms with Crippen LogP contribution in [0.15, 0.2) is 0 Å². The minimum atomic E-state index is -4.68. The molecule has 0 radical (unpaired) electrons. The van der Waals surface area contributed by atoms with E-state index in [0.717, 1.165) is 0 Å². The van der Waals surface area contributed by atoms with Crippen molar-refractivity contribution in [2.45, 2.75) is 11.7 Å². The molecule has 94 valence electrons. The van der Waals surface area contributed by atoms with Gasteiger partial charge < -0.3 is 9.47 Å². The van der Waals surface area contributed by atoms with Crippen molar-refractivity contribution in [3.05, 3.63) is 0 Å². The van der Waals surface area contributed by atoms with Crippen LogP contribution in [0.3, 0.4) is 0 Å². The summed E-state index contributed by atoms with van der Waals surface area (Å²) in [5, 5.41) is -1.93. The molecule has 16 heavy (non-hydrogen) atoms. The Labute approximate surface area is 119 Å². The Bertz CT molecular complexity index is 352. The van der Waals surface area contributed by atoms with Gasteiger partial charge in [-0.25, -0.2) is 0 Å². The molecule has 0 aromatic rings. The molecule has 0 bridgehead atoms. The maximum Gasteiger partial charge on any atom is 0.328 e. The molecule has 0 amide bonds. The van der Waals surface area contributed by atoms with Gasteiger partial charge >= 0.3 is 11.9 Å². The smallest absolute Gasteiger partial charge is 0.328 e. The van der Waals surface area contributed by atoms with E-state index in [1.165, 1.54) is 0 Å². The van der Waals surface area contributed by atoms with Crippen LogP contribution in [0.25, 0.3) is 0 Å². The fraction of sp³-hybridized carbons (Fsp3) is 0.667. The van der Waals surface area contributed by atoms with Crippen LogP contribution in [0, 0.1) is 0 Å². The molecular formula is C6H8I2O7S. The minimum absolute atomic E-state index is 0.0239. The number of halogens is 2. The molecule has 0 aromatic carbocycles. The summed E-state index contributed by atoms with van der Waals surface area (Å²) in [5.41, 5.74) is 0. The first kappa shape index (κ1) is 16.3. The Morgan fingerprint density at radius 3 is 2.06 bits per heavy atom. The van der Waals surface area contributed by atoms with Gasteiger partial charge in [-0.15, -0.1) is 0 Å². The lowest BCUT2D eigenvalue weighted by Gasteiger charge is -2.10. The summed E-state index contributed by atoms with van der Waals surface area (Å²) >= 11 is 3.41. The van der Waals surface area contributed by atoms with E-state index >= 15 is 0 Å². The van der Waals surface area contributed by atoms with Crippen LogP contribution < -0.4 is 0 Å². The highest BCUT2D eigenvalue weighted by Gasteiger charge is 2.35. The number of carbonyl (C=O) groups is 2. The maximum absolute atomic E-state index is 11.2. The predicted octanol–water partition coefficient (Wildman–Crippen LogP) is 0.504. The molecule has 0 saturated heterocycles. The number of hydrogen-bond acceptors (Lipinski definition) is 6. The molecule has 1 atom stereocenters. The van der Waals surface area contributed by atoms with E-state index in [2.05, 4.69) is 9.47 Å². The zero-order valence-corrected chi connectivity index (χ0v) is 12.9. The molecule has 0 rings (SSSR count). The fourth-order valence-corrected chi connectivity index (χ4v) is 2.04. The van der Waals surface area contributed by atoms with Gasteiger partial charge in [0.05, 0.1) is 6.42 Å². The first-order valence-electron chi connectivity index (χ1n) is 3.73. The monoisotopic (exact) mass is 478 g/mol. The molecule has 0 fully saturated rings. The van der Waals surface area contributed by atoms with Crippen molar-refractivity contribution in [2.75, 3.05) is 9.23 Å². The number of esters is 2. The second-order valence-corrected chi connectivity index (χ2v) is 5.25. The zero-order chi connectivity index (χ0) is 12.8. The normalized spacial score (nSPS) is 12.9. The van der Waals surface area contributed by atoms with Gasteiger partial charge in [0, 0.05) is 0 Å².